The second kappa shape index (κ2) is 10.8. The lowest BCUT2D eigenvalue weighted by atomic mass is 10.0. The van der Waals surface area contributed by atoms with Crippen molar-refractivity contribution in [2.45, 2.75) is 32.6 Å². The smallest absolute Gasteiger partial charge is 0.223 e. The number of ether oxygens (including phenoxy) is 2. The summed E-state index contributed by atoms with van der Waals surface area (Å²) in [6, 6.07) is 8.35. The summed E-state index contributed by atoms with van der Waals surface area (Å²) < 4.78 is 16.7. The molecular weight excluding hydrogens is 268 g/mol. The first-order chi connectivity index (χ1) is 9.81. The van der Waals surface area contributed by atoms with E-state index in [1.54, 1.807) is 0 Å². The molecular formula is C16H26O3Si. The highest BCUT2D eigenvalue weighted by Crippen LogP contribution is 2.12. The molecule has 0 aliphatic heterocycles. The maximum atomic E-state index is 5.76. The van der Waals surface area contributed by atoms with E-state index < -0.39 is 9.76 Å². The van der Waals surface area contributed by atoms with Crippen molar-refractivity contribution in [3.63, 3.8) is 0 Å². The summed E-state index contributed by atoms with van der Waals surface area (Å²) in [6.45, 7) is 9.92. The average Bonchev–Trinajstić information content (AvgIpc) is 2.47. The van der Waals surface area contributed by atoms with Crippen LogP contribution in [0.5, 0.6) is 0 Å². The molecule has 20 heavy (non-hydrogen) atoms. The minimum atomic E-state index is -0.776. The Labute approximate surface area is 124 Å². The van der Waals surface area contributed by atoms with Crippen molar-refractivity contribution in [2.75, 3.05) is 19.8 Å². The van der Waals surface area contributed by atoms with Crippen LogP contribution in [0, 0.1) is 0 Å². The van der Waals surface area contributed by atoms with E-state index in [1.807, 2.05) is 26.0 Å². The lowest BCUT2D eigenvalue weighted by molar-refractivity contribution is -0.0899. The first-order valence-electron chi connectivity index (χ1n) is 7.33. The molecule has 0 N–H and O–H groups in total. The Balaban J connectivity index is 2.22. The third kappa shape index (κ3) is 6.48. The van der Waals surface area contributed by atoms with E-state index >= 15 is 0 Å². The van der Waals surface area contributed by atoms with Crippen LogP contribution in [-0.4, -0.2) is 35.5 Å². The molecule has 0 saturated carbocycles. The van der Waals surface area contributed by atoms with Gasteiger partial charge in [0, 0.05) is 19.8 Å². The molecule has 1 aromatic rings. The van der Waals surface area contributed by atoms with Crippen LogP contribution in [0.4, 0.5) is 0 Å². The van der Waals surface area contributed by atoms with Crippen LogP contribution < -0.4 is 0 Å². The normalized spacial score (nSPS) is 11.6. The molecule has 0 fully saturated rings. The summed E-state index contributed by atoms with van der Waals surface area (Å²) >= 11 is 0. The van der Waals surface area contributed by atoms with Gasteiger partial charge in [-0.25, -0.2) is 0 Å². The molecule has 0 aliphatic carbocycles. The Kier molecular flexibility index (Phi) is 9.24. The van der Waals surface area contributed by atoms with Crippen molar-refractivity contribution in [1.29, 1.82) is 0 Å². The number of hydrogen-bond donors (Lipinski definition) is 0. The van der Waals surface area contributed by atoms with Crippen LogP contribution in [0.2, 0.25) is 0 Å². The lowest BCUT2D eigenvalue weighted by Gasteiger charge is -2.16. The van der Waals surface area contributed by atoms with Gasteiger partial charge in [0.1, 0.15) is 0 Å². The summed E-state index contributed by atoms with van der Waals surface area (Å²) in [5.74, 6) is -0.106. The van der Waals surface area contributed by atoms with Crippen LogP contribution >= 0.6 is 0 Å². The molecule has 0 heterocycles. The van der Waals surface area contributed by atoms with E-state index in [1.165, 1.54) is 11.1 Å². The van der Waals surface area contributed by atoms with Crippen molar-refractivity contribution in [3.05, 3.63) is 42.0 Å². The molecule has 1 aromatic carbocycles. The molecule has 0 atom stereocenters. The second-order valence-electron chi connectivity index (χ2n) is 4.42. The molecule has 3 nitrogen and oxygen atoms in total. The van der Waals surface area contributed by atoms with E-state index in [2.05, 4.69) is 24.8 Å². The van der Waals surface area contributed by atoms with Crippen molar-refractivity contribution in [2.24, 2.45) is 0 Å². The van der Waals surface area contributed by atoms with Crippen LogP contribution in [0.15, 0.2) is 30.8 Å². The zero-order valence-electron chi connectivity index (χ0n) is 12.6. The lowest BCUT2D eigenvalue weighted by Crippen LogP contribution is -2.27. The van der Waals surface area contributed by atoms with Crippen LogP contribution in [0.1, 0.15) is 31.4 Å². The van der Waals surface area contributed by atoms with Gasteiger partial charge in [-0.1, -0.05) is 36.9 Å². The topological polar surface area (TPSA) is 27.7 Å². The molecule has 0 unspecified atom stereocenters. The van der Waals surface area contributed by atoms with E-state index in [-0.39, 0.29) is 5.91 Å². The zero-order valence-corrected chi connectivity index (χ0v) is 14.1. The van der Waals surface area contributed by atoms with Gasteiger partial charge < -0.3 is 13.9 Å². The minimum absolute atomic E-state index is 0.106. The Bertz CT molecular complexity index is 376. The quantitative estimate of drug-likeness (QED) is 0.357. The van der Waals surface area contributed by atoms with Gasteiger partial charge in [-0.15, -0.1) is 0 Å². The number of hydrogen-bond acceptors (Lipinski definition) is 3. The van der Waals surface area contributed by atoms with Gasteiger partial charge >= 0.3 is 0 Å². The molecule has 0 spiro atoms. The van der Waals surface area contributed by atoms with Gasteiger partial charge in [0.05, 0.1) is 0 Å². The number of rotatable bonds is 11. The van der Waals surface area contributed by atoms with Gasteiger partial charge in [-0.05, 0) is 37.8 Å². The first-order valence-corrected chi connectivity index (χ1v) is 8.72. The van der Waals surface area contributed by atoms with Gasteiger partial charge in [-0.3, -0.25) is 0 Å². The largest absolute Gasteiger partial charge is 0.418 e. The average molecular weight is 294 g/mol. The monoisotopic (exact) mass is 294 g/mol. The zero-order chi connectivity index (χ0) is 14.6. The standard InChI is InChI=1S/C16H26O3Si/c1-4-14-10-7-8-11-15(14)12-9-13-19-20-16(17-5-2)18-6-3/h4,7-8,10-11,16H,1,5-6,9,12-13,20H2,2-3H3. The second-order valence-corrected chi connectivity index (χ2v) is 5.83. The molecule has 0 bridgehead atoms. The molecule has 0 aliphatic rings. The van der Waals surface area contributed by atoms with Crippen LogP contribution in [-0.2, 0) is 20.3 Å². The molecule has 112 valence electrons. The fourth-order valence-electron chi connectivity index (χ4n) is 2.02. The Morgan fingerprint density at radius 2 is 1.90 bits per heavy atom. The molecule has 0 amide bonds. The molecule has 0 radical (unpaired) electrons. The Morgan fingerprint density at radius 3 is 2.55 bits per heavy atom. The third-order valence-corrected chi connectivity index (χ3v) is 4.24. The van der Waals surface area contributed by atoms with E-state index in [4.69, 9.17) is 13.9 Å². The third-order valence-electron chi connectivity index (χ3n) is 2.97. The molecule has 0 saturated heterocycles. The summed E-state index contributed by atoms with van der Waals surface area (Å²) in [4.78, 5) is 0. The van der Waals surface area contributed by atoms with Crippen molar-refractivity contribution in [3.8, 4) is 0 Å². The summed E-state index contributed by atoms with van der Waals surface area (Å²) in [6.07, 6.45) is 3.94. The van der Waals surface area contributed by atoms with Crippen molar-refractivity contribution >= 4 is 15.8 Å². The van der Waals surface area contributed by atoms with Crippen molar-refractivity contribution in [1.82, 2.24) is 0 Å². The van der Waals surface area contributed by atoms with Gasteiger partial charge in [0.2, 0.25) is 9.76 Å². The fourth-order valence-corrected chi connectivity index (χ4v) is 3.25. The molecule has 1 rings (SSSR count). The highest BCUT2D eigenvalue weighted by molar-refractivity contribution is 6.28. The minimum Gasteiger partial charge on any atom is -0.418 e. The molecule has 4 heteroatoms. The predicted octanol–water partition coefficient (Wildman–Crippen LogP) is 2.72. The van der Waals surface area contributed by atoms with Crippen molar-refractivity contribution < 1.29 is 13.9 Å². The fraction of sp³-hybridized carbons (Fsp3) is 0.500. The first kappa shape index (κ1) is 17.1. The maximum Gasteiger partial charge on any atom is 0.223 e. The number of aryl methyl sites for hydroxylation is 1. The van der Waals surface area contributed by atoms with Crippen LogP contribution in [0.25, 0.3) is 6.08 Å². The summed E-state index contributed by atoms with van der Waals surface area (Å²) in [5.41, 5.74) is 2.55. The Morgan fingerprint density at radius 1 is 1.20 bits per heavy atom. The maximum absolute atomic E-state index is 5.76. The van der Waals surface area contributed by atoms with Gasteiger partial charge in [0.25, 0.3) is 0 Å². The summed E-state index contributed by atoms with van der Waals surface area (Å²) in [5, 5.41) is 0. The predicted molar refractivity (Wildman–Crippen MR) is 86.4 cm³/mol. The van der Waals surface area contributed by atoms with Gasteiger partial charge in [-0.2, -0.15) is 0 Å². The summed E-state index contributed by atoms with van der Waals surface area (Å²) in [7, 11) is -0.776. The Hall–Kier alpha value is -0.943. The van der Waals surface area contributed by atoms with Crippen LogP contribution in [0.3, 0.4) is 0 Å². The van der Waals surface area contributed by atoms with E-state index in [0.29, 0.717) is 13.2 Å². The van der Waals surface area contributed by atoms with Gasteiger partial charge in [0.15, 0.2) is 5.91 Å². The highest BCUT2D eigenvalue weighted by atomic mass is 28.2. The van der Waals surface area contributed by atoms with E-state index in [0.717, 1.165) is 19.4 Å². The number of benzene rings is 1. The van der Waals surface area contributed by atoms with E-state index in [9.17, 15) is 0 Å². The highest BCUT2D eigenvalue weighted by Gasteiger charge is 2.08. The SMILES string of the molecule is C=Cc1ccccc1CCCO[SiH2]C(OCC)OCC. The molecule has 0 aromatic heterocycles.